The molecule has 2 heterocycles. The van der Waals surface area contributed by atoms with Gasteiger partial charge in [0.1, 0.15) is 0 Å². The third-order valence-electron chi connectivity index (χ3n) is 3.89. The molecule has 2 aliphatic heterocycles. The molecule has 1 aromatic rings. The van der Waals surface area contributed by atoms with E-state index in [1.807, 2.05) is 12.1 Å². The molecule has 96 valence electrons. The number of hydrogen-bond acceptors (Lipinski definition) is 3. The van der Waals surface area contributed by atoms with E-state index in [-0.39, 0.29) is 0 Å². The minimum atomic E-state index is -0.845. The van der Waals surface area contributed by atoms with E-state index in [9.17, 15) is 4.79 Å². The van der Waals surface area contributed by atoms with Gasteiger partial charge in [0.2, 0.25) is 0 Å². The third-order valence-corrected chi connectivity index (χ3v) is 3.89. The van der Waals surface area contributed by atoms with Crippen LogP contribution >= 0.6 is 0 Å². The molecule has 0 radical (unpaired) electrons. The van der Waals surface area contributed by atoms with E-state index in [0.717, 1.165) is 39.0 Å². The minimum Gasteiger partial charge on any atom is -0.478 e. The van der Waals surface area contributed by atoms with Crippen LogP contribution in [0.2, 0.25) is 0 Å². The van der Waals surface area contributed by atoms with Gasteiger partial charge in [0.15, 0.2) is 0 Å². The first-order chi connectivity index (χ1) is 8.75. The lowest BCUT2D eigenvalue weighted by Crippen LogP contribution is -2.38. The number of carbonyl (C=O) groups is 1. The molecule has 1 N–H and O–H groups in total. The van der Waals surface area contributed by atoms with Gasteiger partial charge in [-0.25, -0.2) is 4.79 Å². The molecule has 4 heteroatoms. The zero-order valence-corrected chi connectivity index (χ0v) is 10.3. The van der Waals surface area contributed by atoms with Gasteiger partial charge in [-0.2, -0.15) is 0 Å². The summed E-state index contributed by atoms with van der Waals surface area (Å²) in [5.74, 6) is -0.845. The predicted octanol–water partition coefficient (Wildman–Crippen LogP) is 1.93. The van der Waals surface area contributed by atoms with Crippen LogP contribution in [0.15, 0.2) is 18.2 Å². The number of aromatic carboxylic acids is 1. The molecule has 1 saturated heterocycles. The SMILES string of the molecule is O=C(O)c1ccc2c(c1)CCN2C1CCOCC1. The summed E-state index contributed by atoms with van der Waals surface area (Å²) in [7, 11) is 0. The molecule has 2 aliphatic rings. The van der Waals surface area contributed by atoms with Crippen molar-refractivity contribution in [3.63, 3.8) is 0 Å². The third kappa shape index (κ3) is 1.97. The van der Waals surface area contributed by atoms with Crippen molar-refractivity contribution < 1.29 is 14.6 Å². The maximum atomic E-state index is 11.0. The van der Waals surface area contributed by atoms with Crippen molar-refractivity contribution >= 4 is 11.7 Å². The zero-order chi connectivity index (χ0) is 12.5. The quantitative estimate of drug-likeness (QED) is 0.867. The highest BCUT2D eigenvalue weighted by Gasteiger charge is 2.27. The van der Waals surface area contributed by atoms with Crippen LogP contribution in [0.5, 0.6) is 0 Å². The highest BCUT2D eigenvalue weighted by atomic mass is 16.5. The number of rotatable bonds is 2. The van der Waals surface area contributed by atoms with Gasteiger partial charge in [-0.15, -0.1) is 0 Å². The van der Waals surface area contributed by atoms with E-state index in [1.54, 1.807) is 6.07 Å². The number of benzene rings is 1. The predicted molar refractivity (Wildman–Crippen MR) is 68.3 cm³/mol. The van der Waals surface area contributed by atoms with Crippen LogP contribution in [0, 0.1) is 0 Å². The maximum absolute atomic E-state index is 11.0. The highest BCUT2D eigenvalue weighted by molar-refractivity contribution is 5.88. The number of ether oxygens (including phenoxy) is 1. The van der Waals surface area contributed by atoms with Crippen molar-refractivity contribution in [3.8, 4) is 0 Å². The molecule has 3 rings (SSSR count). The number of carboxylic acid groups (broad SMARTS) is 1. The van der Waals surface area contributed by atoms with Gasteiger partial charge in [0, 0.05) is 31.5 Å². The fourth-order valence-electron chi connectivity index (χ4n) is 2.94. The number of nitrogens with zero attached hydrogens (tertiary/aromatic N) is 1. The molecule has 4 nitrogen and oxygen atoms in total. The number of carboxylic acids is 1. The first-order valence-electron chi connectivity index (χ1n) is 6.46. The average Bonchev–Trinajstić information content (AvgIpc) is 2.82. The maximum Gasteiger partial charge on any atom is 0.335 e. The van der Waals surface area contributed by atoms with E-state index in [1.165, 1.54) is 11.3 Å². The fourth-order valence-corrected chi connectivity index (χ4v) is 2.94. The molecule has 1 aromatic carbocycles. The van der Waals surface area contributed by atoms with Crippen LogP contribution in [0.4, 0.5) is 5.69 Å². The van der Waals surface area contributed by atoms with E-state index < -0.39 is 5.97 Å². The van der Waals surface area contributed by atoms with E-state index >= 15 is 0 Å². The Balaban J connectivity index is 1.85. The Labute approximate surface area is 106 Å². The Kier molecular flexibility index (Phi) is 2.96. The Hall–Kier alpha value is -1.55. The first-order valence-corrected chi connectivity index (χ1v) is 6.46. The summed E-state index contributed by atoms with van der Waals surface area (Å²) in [6.07, 6.45) is 3.09. The molecule has 18 heavy (non-hydrogen) atoms. The molecule has 0 bridgehead atoms. The van der Waals surface area contributed by atoms with Crippen molar-refractivity contribution in [2.45, 2.75) is 25.3 Å². The molecule has 0 amide bonds. The number of fused-ring (bicyclic) bond motifs is 1. The summed E-state index contributed by atoms with van der Waals surface area (Å²) in [6.45, 7) is 2.68. The zero-order valence-electron chi connectivity index (χ0n) is 10.3. The molecule has 0 unspecified atom stereocenters. The van der Waals surface area contributed by atoms with Gasteiger partial charge in [-0.3, -0.25) is 0 Å². The van der Waals surface area contributed by atoms with Gasteiger partial charge in [-0.05, 0) is 43.0 Å². The van der Waals surface area contributed by atoms with Gasteiger partial charge in [0.25, 0.3) is 0 Å². The van der Waals surface area contributed by atoms with E-state index in [0.29, 0.717) is 11.6 Å². The van der Waals surface area contributed by atoms with Crippen LogP contribution in [0.1, 0.15) is 28.8 Å². The lowest BCUT2D eigenvalue weighted by molar-refractivity contribution is 0.0697. The summed E-state index contributed by atoms with van der Waals surface area (Å²) in [5.41, 5.74) is 2.77. The summed E-state index contributed by atoms with van der Waals surface area (Å²) in [6, 6.07) is 6.03. The molecule has 0 aliphatic carbocycles. The highest BCUT2D eigenvalue weighted by Crippen LogP contribution is 2.32. The Morgan fingerprint density at radius 1 is 1.33 bits per heavy atom. The molecule has 1 fully saturated rings. The van der Waals surface area contributed by atoms with Gasteiger partial charge < -0.3 is 14.7 Å². The first kappa shape index (κ1) is 11.5. The summed E-state index contributed by atoms with van der Waals surface area (Å²) >= 11 is 0. The summed E-state index contributed by atoms with van der Waals surface area (Å²) < 4.78 is 5.39. The van der Waals surface area contributed by atoms with Crippen LogP contribution in [-0.2, 0) is 11.2 Å². The second-order valence-electron chi connectivity index (χ2n) is 4.94. The van der Waals surface area contributed by atoms with Crippen LogP contribution in [-0.4, -0.2) is 36.9 Å². The molecule has 0 atom stereocenters. The average molecular weight is 247 g/mol. The normalized spacial score (nSPS) is 19.9. The lowest BCUT2D eigenvalue weighted by Gasteiger charge is -2.33. The van der Waals surface area contributed by atoms with Crippen LogP contribution in [0.3, 0.4) is 0 Å². The Morgan fingerprint density at radius 2 is 2.11 bits per heavy atom. The van der Waals surface area contributed by atoms with Crippen molar-refractivity contribution in [2.24, 2.45) is 0 Å². The fraction of sp³-hybridized carbons (Fsp3) is 0.500. The largest absolute Gasteiger partial charge is 0.478 e. The Morgan fingerprint density at radius 3 is 2.83 bits per heavy atom. The van der Waals surface area contributed by atoms with E-state index in [2.05, 4.69) is 4.90 Å². The van der Waals surface area contributed by atoms with Crippen molar-refractivity contribution in [3.05, 3.63) is 29.3 Å². The summed E-state index contributed by atoms with van der Waals surface area (Å²) in [4.78, 5) is 13.4. The molecule has 0 saturated carbocycles. The number of anilines is 1. The monoisotopic (exact) mass is 247 g/mol. The molecular weight excluding hydrogens is 230 g/mol. The van der Waals surface area contributed by atoms with Crippen molar-refractivity contribution in [1.29, 1.82) is 0 Å². The minimum absolute atomic E-state index is 0.391. The van der Waals surface area contributed by atoms with Crippen LogP contribution < -0.4 is 4.90 Å². The Bertz CT molecular complexity index is 466. The molecule has 0 aromatic heterocycles. The second-order valence-corrected chi connectivity index (χ2v) is 4.94. The van der Waals surface area contributed by atoms with Crippen LogP contribution in [0.25, 0.3) is 0 Å². The smallest absolute Gasteiger partial charge is 0.335 e. The lowest BCUT2D eigenvalue weighted by atomic mass is 10.1. The van der Waals surface area contributed by atoms with Crippen molar-refractivity contribution in [1.82, 2.24) is 0 Å². The summed E-state index contributed by atoms with van der Waals surface area (Å²) in [5, 5.41) is 9.00. The van der Waals surface area contributed by atoms with Gasteiger partial charge in [0.05, 0.1) is 5.56 Å². The second kappa shape index (κ2) is 4.61. The van der Waals surface area contributed by atoms with Crippen molar-refractivity contribution in [2.75, 3.05) is 24.7 Å². The molecular formula is C14H17NO3. The topological polar surface area (TPSA) is 49.8 Å². The standard InChI is InChI=1S/C14H17NO3/c16-14(17)11-1-2-13-10(9-11)3-6-15(13)12-4-7-18-8-5-12/h1-2,9,12H,3-8H2,(H,16,17). The van der Waals surface area contributed by atoms with Gasteiger partial charge in [-0.1, -0.05) is 0 Å². The van der Waals surface area contributed by atoms with E-state index in [4.69, 9.17) is 9.84 Å². The molecule has 0 spiro atoms. The van der Waals surface area contributed by atoms with Gasteiger partial charge >= 0.3 is 5.97 Å². The number of hydrogen-bond donors (Lipinski definition) is 1.